The summed E-state index contributed by atoms with van der Waals surface area (Å²) in [5.74, 6) is -1.40. The topological polar surface area (TPSA) is 95.9 Å². The summed E-state index contributed by atoms with van der Waals surface area (Å²) in [4.78, 5) is 36.8. The summed E-state index contributed by atoms with van der Waals surface area (Å²) in [6.07, 6.45) is 3.36. The molecule has 0 heterocycles. The molecule has 0 aromatic heterocycles. The predicted octanol–water partition coefficient (Wildman–Crippen LogP) is 3.40. The van der Waals surface area contributed by atoms with Gasteiger partial charge < -0.3 is 20.1 Å². The highest BCUT2D eigenvalue weighted by Crippen LogP contribution is 2.44. The van der Waals surface area contributed by atoms with Crippen molar-refractivity contribution in [3.05, 3.63) is 71.8 Å². The quantitative estimate of drug-likeness (QED) is 0.651. The van der Waals surface area contributed by atoms with E-state index in [0.29, 0.717) is 12.8 Å². The Morgan fingerprint density at radius 1 is 1.06 bits per heavy atom. The fourth-order valence-electron chi connectivity index (χ4n) is 4.35. The van der Waals surface area contributed by atoms with Crippen LogP contribution in [-0.2, 0) is 14.3 Å². The molecule has 0 aliphatic heterocycles. The summed E-state index contributed by atoms with van der Waals surface area (Å²) in [6, 6.07) is 16.2. The van der Waals surface area contributed by atoms with Crippen molar-refractivity contribution < 1.29 is 24.2 Å². The molecular weight excluding hydrogens is 408 g/mol. The number of aliphatic carboxylic acids is 1. The number of rotatable bonds is 7. The van der Waals surface area contributed by atoms with Gasteiger partial charge in [0, 0.05) is 31.6 Å². The second-order valence-electron chi connectivity index (χ2n) is 8.22. The van der Waals surface area contributed by atoms with Gasteiger partial charge in [-0.25, -0.2) is 4.79 Å². The van der Waals surface area contributed by atoms with Crippen molar-refractivity contribution in [3.63, 3.8) is 0 Å². The van der Waals surface area contributed by atoms with Crippen LogP contribution in [0.1, 0.15) is 29.9 Å². The van der Waals surface area contributed by atoms with Crippen LogP contribution in [0.5, 0.6) is 0 Å². The molecule has 1 fully saturated rings. The number of carbonyl (C=O) groups excluding carboxylic acids is 2. The fourth-order valence-corrected chi connectivity index (χ4v) is 4.35. The monoisotopic (exact) mass is 434 g/mol. The molecule has 1 saturated carbocycles. The Bertz CT molecular complexity index is 1010. The number of nitrogens with zero attached hydrogens (tertiary/aromatic N) is 1. The van der Waals surface area contributed by atoms with E-state index in [2.05, 4.69) is 29.6 Å². The van der Waals surface area contributed by atoms with Crippen LogP contribution in [0.15, 0.2) is 60.7 Å². The number of amides is 2. The number of alkyl carbamates (subject to hydrolysis) is 1. The zero-order valence-electron chi connectivity index (χ0n) is 17.9. The smallest absolute Gasteiger partial charge is 0.407 e. The van der Waals surface area contributed by atoms with E-state index in [9.17, 15) is 14.4 Å². The van der Waals surface area contributed by atoms with Gasteiger partial charge in [-0.15, -0.1) is 0 Å². The second-order valence-corrected chi connectivity index (χ2v) is 8.22. The normalized spacial score (nSPS) is 19.0. The second kappa shape index (κ2) is 9.26. The molecular formula is C25H26N2O5. The zero-order chi connectivity index (χ0) is 22.7. The Morgan fingerprint density at radius 3 is 2.25 bits per heavy atom. The van der Waals surface area contributed by atoms with Crippen molar-refractivity contribution in [2.45, 2.75) is 24.8 Å². The molecule has 2 aliphatic rings. The number of benzene rings is 2. The third-order valence-corrected chi connectivity index (χ3v) is 6.33. The first-order valence-corrected chi connectivity index (χ1v) is 10.7. The minimum atomic E-state index is -0.815. The first-order chi connectivity index (χ1) is 15.5. The van der Waals surface area contributed by atoms with E-state index in [1.165, 1.54) is 17.2 Å². The summed E-state index contributed by atoms with van der Waals surface area (Å²) in [7, 11) is 1.66. The number of hydrogen-bond acceptors (Lipinski definition) is 4. The van der Waals surface area contributed by atoms with E-state index in [4.69, 9.17) is 9.84 Å². The van der Waals surface area contributed by atoms with Crippen LogP contribution in [0.3, 0.4) is 0 Å². The summed E-state index contributed by atoms with van der Waals surface area (Å²) < 4.78 is 5.46. The maximum Gasteiger partial charge on any atom is 0.407 e. The highest BCUT2D eigenvalue weighted by Gasteiger charge is 2.37. The standard InChI is InChI=1S/C25H26N2O5/c1-27(17-13-16(14-17)24(29)30)23(28)11-6-12-26-25(31)32-15-22-20-9-4-2-7-18(20)19-8-3-5-10-21(19)22/h2-11,16-17,22H,12-15H2,1H3,(H,26,31)(H,29,30)/b11-6+. The first kappa shape index (κ1) is 21.6. The number of nitrogens with one attached hydrogen (secondary N) is 1. The summed E-state index contributed by atoms with van der Waals surface area (Å²) >= 11 is 0. The van der Waals surface area contributed by atoms with Gasteiger partial charge in [-0.3, -0.25) is 9.59 Å². The van der Waals surface area contributed by atoms with Crippen LogP contribution in [0.4, 0.5) is 4.79 Å². The van der Waals surface area contributed by atoms with Crippen molar-refractivity contribution >= 4 is 18.0 Å². The number of hydrogen-bond donors (Lipinski definition) is 2. The van der Waals surface area contributed by atoms with Crippen molar-refractivity contribution in [2.75, 3.05) is 20.2 Å². The van der Waals surface area contributed by atoms with E-state index >= 15 is 0 Å². The average molecular weight is 434 g/mol. The molecule has 2 N–H and O–H groups in total. The van der Waals surface area contributed by atoms with Gasteiger partial charge in [-0.1, -0.05) is 54.6 Å². The Balaban J connectivity index is 1.23. The third-order valence-electron chi connectivity index (χ3n) is 6.33. The third kappa shape index (κ3) is 4.37. The first-order valence-electron chi connectivity index (χ1n) is 10.7. The molecule has 4 rings (SSSR count). The van der Waals surface area contributed by atoms with Crippen molar-refractivity contribution in [1.82, 2.24) is 10.2 Å². The predicted molar refractivity (Wildman–Crippen MR) is 119 cm³/mol. The summed E-state index contributed by atoms with van der Waals surface area (Å²) in [5.41, 5.74) is 4.64. The maximum absolute atomic E-state index is 12.2. The van der Waals surface area contributed by atoms with Crippen LogP contribution in [0, 0.1) is 5.92 Å². The van der Waals surface area contributed by atoms with E-state index in [1.54, 1.807) is 18.0 Å². The Hall–Kier alpha value is -3.61. The van der Waals surface area contributed by atoms with E-state index in [1.807, 2.05) is 24.3 Å². The van der Waals surface area contributed by atoms with Crippen LogP contribution < -0.4 is 5.32 Å². The Morgan fingerprint density at radius 2 is 1.66 bits per heavy atom. The van der Waals surface area contributed by atoms with Crippen LogP contribution in [-0.4, -0.2) is 54.2 Å². The Kier molecular flexibility index (Phi) is 6.25. The molecule has 32 heavy (non-hydrogen) atoms. The number of likely N-dealkylation sites (N-methyl/N-ethyl adjacent to an activating group) is 1. The molecule has 2 aliphatic carbocycles. The van der Waals surface area contributed by atoms with E-state index < -0.39 is 12.1 Å². The largest absolute Gasteiger partial charge is 0.481 e. The van der Waals surface area contributed by atoms with Crippen LogP contribution >= 0.6 is 0 Å². The van der Waals surface area contributed by atoms with Gasteiger partial charge in [-0.2, -0.15) is 0 Å². The molecule has 7 nitrogen and oxygen atoms in total. The number of fused-ring (bicyclic) bond motifs is 3. The minimum absolute atomic E-state index is 0.00368. The molecule has 2 amide bonds. The molecule has 0 radical (unpaired) electrons. The molecule has 0 spiro atoms. The van der Waals surface area contributed by atoms with Gasteiger partial charge in [0.15, 0.2) is 0 Å². The number of carboxylic acids is 1. The van der Waals surface area contributed by atoms with Gasteiger partial charge in [0.05, 0.1) is 5.92 Å². The fraction of sp³-hybridized carbons (Fsp3) is 0.320. The highest BCUT2D eigenvalue weighted by molar-refractivity contribution is 5.88. The zero-order valence-corrected chi connectivity index (χ0v) is 17.9. The molecule has 0 atom stereocenters. The lowest BCUT2D eigenvalue weighted by Crippen LogP contribution is -2.47. The minimum Gasteiger partial charge on any atom is -0.481 e. The molecule has 7 heteroatoms. The van der Waals surface area contributed by atoms with Crippen LogP contribution in [0.25, 0.3) is 11.1 Å². The van der Waals surface area contributed by atoms with Crippen LogP contribution in [0.2, 0.25) is 0 Å². The molecule has 0 bridgehead atoms. The SMILES string of the molecule is CN(C(=O)/C=C/CNC(=O)OCC1c2ccccc2-c2ccccc21)C1CC(C(=O)O)C1. The average Bonchev–Trinajstić information content (AvgIpc) is 3.07. The van der Waals surface area contributed by atoms with E-state index in [0.717, 1.165) is 11.1 Å². The number of carboxylic acid groups (broad SMARTS) is 1. The van der Waals surface area contributed by atoms with Crippen molar-refractivity contribution in [3.8, 4) is 11.1 Å². The molecule has 2 aromatic carbocycles. The molecule has 0 saturated heterocycles. The Labute approximate surface area is 186 Å². The van der Waals surface area contributed by atoms with Gasteiger partial charge in [-0.05, 0) is 35.1 Å². The maximum atomic E-state index is 12.2. The molecule has 2 aromatic rings. The summed E-state index contributed by atoms with van der Waals surface area (Å²) in [6.45, 7) is 0.399. The van der Waals surface area contributed by atoms with Gasteiger partial charge in [0.25, 0.3) is 0 Å². The van der Waals surface area contributed by atoms with E-state index in [-0.39, 0.29) is 36.9 Å². The summed E-state index contributed by atoms with van der Waals surface area (Å²) in [5, 5.41) is 11.6. The number of carbonyl (C=O) groups is 3. The van der Waals surface area contributed by atoms with Crippen molar-refractivity contribution in [1.29, 1.82) is 0 Å². The van der Waals surface area contributed by atoms with Gasteiger partial charge >= 0.3 is 12.1 Å². The lowest BCUT2D eigenvalue weighted by atomic mass is 9.79. The number of ether oxygens (including phenoxy) is 1. The van der Waals surface area contributed by atoms with Gasteiger partial charge in [0.2, 0.25) is 5.91 Å². The van der Waals surface area contributed by atoms with Crippen molar-refractivity contribution in [2.24, 2.45) is 5.92 Å². The molecule has 0 unspecified atom stereocenters. The lowest BCUT2D eigenvalue weighted by molar-refractivity contribution is -0.149. The lowest BCUT2D eigenvalue weighted by Gasteiger charge is -2.38. The van der Waals surface area contributed by atoms with Gasteiger partial charge in [0.1, 0.15) is 6.61 Å². The highest BCUT2D eigenvalue weighted by atomic mass is 16.5. The molecule has 166 valence electrons.